The van der Waals surface area contributed by atoms with Gasteiger partial charge in [-0.2, -0.15) is 0 Å². The van der Waals surface area contributed by atoms with Gasteiger partial charge in [-0.3, -0.25) is 4.79 Å². The van der Waals surface area contributed by atoms with Crippen LogP contribution in [-0.2, 0) is 7.05 Å². The molecule has 2 aromatic heterocycles. The minimum absolute atomic E-state index is 0.00478. The van der Waals surface area contributed by atoms with Gasteiger partial charge >= 0.3 is 0 Å². The summed E-state index contributed by atoms with van der Waals surface area (Å²) in [5, 5.41) is 2.45. The lowest BCUT2D eigenvalue weighted by Crippen LogP contribution is -1.90. The highest BCUT2D eigenvalue weighted by Crippen LogP contribution is 2.25. The molecule has 0 aliphatic carbocycles. The van der Waals surface area contributed by atoms with Gasteiger partial charge in [0.1, 0.15) is 0 Å². The number of rotatable bonds is 2. The number of hydrogen-bond donors (Lipinski definition) is 0. The molecule has 0 fully saturated rings. The molecule has 0 aliphatic heterocycles. The first-order valence-electron chi connectivity index (χ1n) is 5.53. The number of ketones is 1. The molecular formula is C13H11N3OS. The number of aromatic nitrogens is 3. The van der Waals surface area contributed by atoms with Crippen molar-refractivity contribution in [3.8, 4) is 11.3 Å². The third-order valence-corrected chi connectivity index (χ3v) is 3.77. The summed E-state index contributed by atoms with van der Waals surface area (Å²) in [7, 11) is 1.96. The largest absolute Gasteiger partial charge is 0.334 e. The molecule has 0 saturated carbocycles. The maximum Gasteiger partial charge on any atom is 0.188 e. The van der Waals surface area contributed by atoms with E-state index >= 15 is 0 Å². The van der Waals surface area contributed by atoms with Gasteiger partial charge in [-0.05, 0) is 12.1 Å². The van der Waals surface area contributed by atoms with E-state index in [1.807, 2.05) is 35.2 Å². The lowest BCUT2D eigenvalue weighted by Gasteiger charge is -1.98. The summed E-state index contributed by atoms with van der Waals surface area (Å²) < 4.78 is 1.97. The van der Waals surface area contributed by atoms with Gasteiger partial charge in [-0.25, -0.2) is 9.97 Å². The van der Waals surface area contributed by atoms with Crippen molar-refractivity contribution in [2.45, 2.75) is 6.92 Å². The lowest BCUT2D eigenvalue weighted by atomic mass is 10.1. The number of nitrogens with zero attached hydrogens (tertiary/aromatic N) is 3. The van der Waals surface area contributed by atoms with E-state index in [1.165, 1.54) is 18.3 Å². The van der Waals surface area contributed by atoms with E-state index in [-0.39, 0.29) is 5.78 Å². The van der Waals surface area contributed by atoms with Crippen molar-refractivity contribution >= 4 is 28.2 Å². The third-order valence-electron chi connectivity index (χ3n) is 2.83. The Kier molecular flexibility index (Phi) is 2.48. The Labute approximate surface area is 108 Å². The van der Waals surface area contributed by atoms with Crippen LogP contribution in [0, 0.1) is 0 Å². The van der Waals surface area contributed by atoms with Crippen molar-refractivity contribution in [1.82, 2.24) is 14.5 Å². The van der Waals surface area contributed by atoms with Crippen molar-refractivity contribution in [3.05, 3.63) is 34.9 Å². The highest BCUT2D eigenvalue weighted by atomic mass is 32.1. The van der Waals surface area contributed by atoms with Crippen LogP contribution >= 0.6 is 11.3 Å². The maximum atomic E-state index is 11.2. The SMILES string of the molecule is CC(=O)c1nc(-c2ccc3c(c2)ncn3C)cs1. The van der Waals surface area contributed by atoms with E-state index in [0.29, 0.717) is 5.01 Å². The summed E-state index contributed by atoms with van der Waals surface area (Å²) in [6.45, 7) is 1.53. The van der Waals surface area contributed by atoms with E-state index in [2.05, 4.69) is 9.97 Å². The lowest BCUT2D eigenvalue weighted by molar-refractivity contribution is 0.101. The van der Waals surface area contributed by atoms with E-state index in [0.717, 1.165) is 22.3 Å². The average Bonchev–Trinajstić information content (AvgIpc) is 2.96. The van der Waals surface area contributed by atoms with Gasteiger partial charge < -0.3 is 4.57 Å². The summed E-state index contributed by atoms with van der Waals surface area (Å²) in [6, 6.07) is 6.02. The highest BCUT2D eigenvalue weighted by Gasteiger charge is 2.09. The fourth-order valence-corrected chi connectivity index (χ4v) is 2.59. The highest BCUT2D eigenvalue weighted by molar-refractivity contribution is 7.12. The Morgan fingerprint density at radius 2 is 2.22 bits per heavy atom. The standard InChI is InChI=1S/C13H11N3OS/c1-8(17)13-15-11(6-18-13)9-3-4-12-10(5-9)14-7-16(12)2/h3-7H,1-2H3. The molecule has 1 aromatic carbocycles. The third kappa shape index (κ3) is 1.73. The van der Waals surface area contributed by atoms with Gasteiger partial charge in [0.25, 0.3) is 0 Å². The van der Waals surface area contributed by atoms with Crippen LogP contribution in [0.25, 0.3) is 22.3 Å². The quantitative estimate of drug-likeness (QED) is 0.663. The predicted octanol–water partition coefficient (Wildman–Crippen LogP) is 2.90. The van der Waals surface area contributed by atoms with Crippen LogP contribution in [0.15, 0.2) is 29.9 Å². The Bertz CT molecular complexity index is 742. The van der Waals surface area contributed by atoms with Crippen molar-refractivity contribution in [2.75, 3.05) is 0 Å². The zero-order chi connectivity index (χ0) is 12.7. The van der Waals surface area contributed by atoms with Crippen LogP contribution in [0.1, 0.15) is 16.7 Å². The minimum atomic E-state index is 0.00478. The first-order valence-corrected chi connectivity index (χ1v) is 6.41. The van der Waals surface area contributed by atoms with E-state index in [1.54, 1.807) is 6.33 Å². The Morgan fingerprint density at radius 1 is 1.39 bits per heavy atom. The summed E-state index contributed by atoms with van der Waals surface area (Å²) in [4.78, 5) is 19.9. The summed E-state index contributed by atoms with van der Waals surface area (Å²) in [5.41, 5.74) is 3.84. The van der Waals surface area contributed by atoms with Gasteiger partial charge in [0, 0.05) is 24.9 Å². The summed E-state index contributed by atoms with van der Waals surface area (Å²) in [6.07, 6.45) is 1.79. The summed E-state index contributed by atoms with van der Waals surface area (Å²) in [5.74, 6) is 0.00478. The fourth-order valence-electron chi connectivity index (χ4n) is 1.86. The molecule has 0 radical (unpaired) electrons. The molecule has 0 saturated heterocycles. The number of carbonyl (C=O) groups excluding carboxylic acids is 1. The number of benzene rings is 1. The molecule has 0 unspecified atom stereocenters. The Hall–Kier alpha value is -2.01. The number of carbonyl (C=O) groups is 1. The molecular weight excluding hydrogens is 246 g/mol. The number of hydrogen-bond acceptors (Lipinski definition) is 4. The summed E-state index contributed by atoms with van der Waals surface area (Å²) >= 11 is 1.38. The van der Waals surface area contributed by atoms with E-state index in [4.69, 9.17) is 0 Å². The van der Waals surface area contributed by atoms with Crippen molar-refractivity contribution in [3.63, 3.8) is 0 Å². The second-order valence-corrected chi connectivity index (χ2v) is 5.01. The molecule has 3 rings (SSSR count). The van der Waals surface area contributed by atoms with Gasteiger partial charge in [0.2, 0.25) is 0 Å². The number of aryl methyl sites for hydroxylation is 1. The molecule has 0 atom stereocenters. The molecule has 0 N–H and O–H groups in total. The Morgan fingerprint density at radius 3 is 2.94 bits per heavy atom. The normalized spacial score (nSPS) is 11.0. The van der Waals surface area contributed by atoms with Crippen molar-refractivity contribution in [2.24, 2.45) is 7.05 Å². The number of thiazole rings is 1. The van der Waals surface area contributed by atoms with Crippen LogP contribution in [0.4, 0.5) is 0 Å². The van der Waals surface area contributed by atoms with Crippen molar-refractivity contribution < 1.29 is 4.79 Å². The van der Waals surface area contributed by atoms with Crippen LogP contribution in [0.3, 0.4) is 0 Å². The van der Waals surface area contributed by atoms with Gasteiger partial charge in [0.15, 0.2) is 10.8 Å². The first kappa shape index (κ1) is 11.1. The predicted molar refractivity (Wildman–Crippen MR) is 71.8 cm³/mol. The molecule has 0 bridgehead atoms. The first-order chi connectivity index (χ1) is 8.65. The number of Topliss-reactive ketones (excluding diaryl/α,β-unsaturated/α-hetero) is 1. The smallest absolute Gasteiger partial charge is 0.188 e. The zero-order valence-corrected chi connectivity index (χ0v) is 10.9. The maximum absolute atomic E-state index is 11.2. The molecule has 3 aromatic rings. The monoisotopic (exact) mass is 257 g/mol. The second-order valence-electron chi connectivity index (χ2n) is 4.15. The van der Waals surface area contributed by atoms with Gasteiger partial charge in [0.05, 0.1) is 23.1 Å². The van der Waals surface area contributed by atoms with Crippen LogP contribution in [0.5, 0.6) is 0 Å². The minimum Gasteiger partial charge on any atom is -0.334 e. The average molecular weight is 257 g/mol. The van der Waals surface area contributed by atoms with Gasteiger partial charge in [-0.1, -0.05) is 6.07 Å². The van der Waals surface area contributed by atoms with Gasteiger partial charge in [-0.15, -0.1) is 11.3 Å². The number of imidazole rings is 1. The van der Waals surface area contributed by atoms with Crippen LogP contribution < -0.4 is 0 Å². The zero-order valence-electron chi connectivity index (χ0n) is 10.0. The molecule has 0 amide bonds. The van der Waals surface area contributed by atoms with E-state index in [9.17, 15) is 4.79 Å². The molecule has 18 heavy (non-hydrogen) atoms. The fraction of sp³-hybridized carbons (Fsp3) is 0.154. The van der Waals surface area contributed by atoms with Crippen LogP contribution in [0.2, 0.25) is 0 Å². The second kappa shape index (κ2) is 4.03. The van der Waals surface area contributed by atoms with Crippen molar-refractivity contribution in [1.29, 1.82) is 0 Å². The molecule has 5 heteroatoms. The van der Waals surface area contributed by atoms with Crippen LogP contribution in [-0.4, -0.2) is 20.3 Å². The number of fused-ring (bicyclic) bond motifs is 1. The molecule has 0 spiro atoms. The molecule has 90 valence electrons. The molecule has 0 aliphatic rings. The Balaban J connectivity index is 2.10. The molecule has 2 heterocycles. The van der Waals surface area contributed by atoms with E-state index < -0.39 is 0 Å². The molecule has 4 nitrogen and oxygen atoms in total. The topological polar surface area (TPSA) is 47.8 Å².